The van der Waals surface area contributed by atoms with Gasteiger partial charge in [0.05, 0.1) is 22.3 Å². The molecule has 31 heavy (non-hydrogen) atoms. The molecule has 0 fully saturated rings. The van der Waals surface area contributed by atoms with E-state index in [0.29, 0.717) is 5.52 Å². The van der Waals surface area contributed by atoms with Crippen molar-refractivity contribution in [2.45, 2.75) is 97.4 Å². The average Bonchev–Trinajstić information content (AvgIpc) is 3.18. The molecular formula is C25H42N4O2. The summed E-state index contributed by atoms with van der Waals surface area (Å²) in [5.41, 5.74) is 1.78. The summed E-state index contributed by atoms with van der Waals surface area (Å²) in [5.74, 6) is 0. The number of benzene rings is 1. The van der Waals surface area contributed by atoms with Crippen LogP contribution in [0.2, 0.25) is 0 Å². The van der Waals surface area contributed by atoms with E-state index in [1.807, 2.05) is 12.4 Å². The maximum atomic E-state index is 11.0. The highest BCUT2D eigenvalue weighted by molar-refractivity contribution is 5.77. The Morgan fingerprint density at radius 1 is 0.871 bits per heavy atom. The molecule has 174 valence electrons. The van der Waals surface area contributed by atoms with Crippen LogP contribution in [0.1, 0.15) is 90.9 Å². The maximum Gasteiger partial charge on any atom is 0.271 e. The van der Waals surface area contributed by atoms with Crippen LogP contribution in [0.25, 0.3) is 11.0 Å². The van der Waals surface area contributed by atoms with Gasteiger partial charge in [-0.05, 0) is 32.0 Å². The molecule has 0 spiro atoms. The van der Waals surface area contributed by atoms with E-state index in [2.05, 4.69) is 28.3 Å². The van der Waals surface area contributed by atoms with E-state index in [0.717, 1.165) is 18.6 Å². The van der Waals surface area contributed by atoms with Gasteiger partial charge in [0.2, 0.25) is 0 Å². The second kappa shape index (κ2) is 15.0. The van der Waals surface area contributed by atoms with Crippen LogP contribution in [-0.4, -0.2) is 39.0 Å². The largest absolute Gasteiger partial charge is 0.329 e. The monoisotopic (exact) mass is 430 g/mol. The highest BCUT2D eigenvalue weighted by Gasteiger charge is 2.11. The minimum atomic E-state index is -0.360. The fourth-order valence-corrected chi connectivity index (χ4v) is 4.16. The summed E-state index contributed by atoms with van der Waals surface area (Å²) in [7, 11) is 0. The Hall–Kier alpha value is -1.95. The summed E-state index contributed by atoms with van der Waals surface area (Å²) in [6.07, 6.45) is 17.7. The molecule has 0 bridgehead atoms. The van der Waals surface area contributed by atoms with Gasteiger partial charge in [0.25, 0.3) is 5.69 Å². The average molecular weight is 431 g/mol. The van der Waals surface area contributed by atoms with Crippen LogP contribution in [0, 0.1) is 10.1 Å². The summed E-state index contributed by atoms with van der Waals surface area (Å²) in [6, 6.07) is 4.97. The van der Waals surface area contributed by atoms with E-state index >= 15 is 0 Å². The molecule has 0 aliphatic rings. The minimum absolute atomic E-state index is 0.102. The molecule has 0 radical (unpaired) electrons. The normalized spacial score (nSPS) is 11.6. The van der Waals surface area contributed by atoms with Crippen molar-refractivity contribution < 1.29 is 4.92 Å². The number of fused-ring (bicyclic) bond motifs is 1. The van der Waals surface area contributed by atoms with E-state index < -0.39 is 0 Å². The topological polar surface area (TPSA) is 64.2 Å². The van der Waals surface area contributed by atoms with Gasteiger partial charge in [-0.25, -0.2) is 4.98 Å². The third kappa shape index (κ3) is 9.38. The Labute approximate surface area is 188 Å². The number of nitro groups is 1. The molecule has 0 amide bonds. The summed E-state index contributed by atoms with van der Waals surface area (Å²) >= 11 is 0. The molecule has 0 atom stereocenters. The SMILES string of the molecule is CCCCCCCCN(CCCCCCCC)CCn1cnc2cc([N+](=O)[O-])ccc21. The molecule has 0 N–H and O–H groups in total. The molecule has 2 rings (SSSR count). The van der Waals surface area contributed by atoms with Crippen LogP contribution in [0.3, 0.4) is 0 Å². The quantitative estimate of drug-likeness (QED) is 0.145. The van der Waals surface area contributed by atoms with Gasteiger partial charge < -0.3 is 9.47 Å². The Morgan fingerprint density at radius 3 is 2.03 bits per heavy atom. The van der Waals surface area contributed by atoms with Gasteiger partial charge >= 0.3 is 0 Å². The standard InChI is InChI=1S/C25H42N4O2/c1-3-5-7-9-11-13-17-27(18-14-12-10-8-6-4-2)19-20-28-22-26-24-21-23(29(30)31)15-16-25(24)28/h15-16,21-22H,3-14,17-20H2,1-2H3. The second-order valence-electron chi connectivity index (χ2n) is 8.75. The molecular weight excluding hydrogens is 388 g/mol. The number of imidazole rings is 1. The summed E-state index contributed by atoms with van der Waals surface area (Å²) in [5, 5.41) is 11.0. The molecule has 0 saturated heterocycles. The Kier molecular flexibility index (Phi) is 12.2. The van der Waals surface area contributed by atoms with Crippen molar-refractivity contribution in [3.05, 3.63) is 34.6 Å². The van der Waals surface area contributed by atoms with Crippen molar-refractivity contribution in [1.82, 2.24) is 14.5 Å². The highest BCUT2D eigenvalue weighted by atomic mass is 16.6. The van der Waals surface area contributed by atoms with Gasteiger partial charge in [0.1, 0.15) is 0 Å². The van der Waals surface area contributed by atoms with Crippen molar-refractivity contribution in [2.24, 2.45) is 0 Å². The molecule has 0 saturated carbocycles. The second-order valence-corrected chi connectivity index (χ2v) is 8.75. The molecule has 1 heterocycles. The first kappa shape index (κ1) is 25.3. The fourth-order valence-electron chi connectivity index (χ4n) is 4.16. The lowest BCUT2D eigenvalue weighted by molar-refractivity contribution is -0.384. The Balaban J connectivity index is 1.85. The van der Waals surface area contributed by atoms with Crippen LogP contribution < -0.4 is 0 Å². The van der Waals surface area contributed by atoms with Gasteiger partial charge in [0, 0.05) is 25.2 Å². The Morgan fingerprint density at radius 2 is 1.45 bits per heavy atom. The number of hydrogen-bond donors (Lipinski definition) is 0. The van der Waals surface area contributed by atoms with Crippen LogP contribution >= 0.6 is 0 Å². The van der Waals surface area contributed by atoms with Gasteiger partial charge in [-0.1, -0.05) is 78.1 Å². The summed E-state index contributed by atoms with van der Waals surface area (Å²) < 4.78 is 2.13. The zero-order valence-corrected chi connectivity index (χ0v) is 19.7. The van der Waals surface area contributed by atoms with Gasteiger partial charge in [-0.15, -0.1) is 0 Å². The summed E-state index contributed by atoms with van der Waals surface area (Å²) in [4.78, 5) is 17.6. The molecule has 0 unspecified atom stereocenters. The third-order valence-corrected chi connectivity index (χ3v) is 6.13. The van der Waals surface area contributed by atoms with Crippen molar-refractivity contribution in [3.63, 3.8) is 0 Å². The molecule has 1 aromatic carbocycles. The fraction of sp³-hybridized carbons (Fsp3) is 0.720. The number of non-ortho nitro benzene ring substituents is 1. The molecule has 0 aliphatic carbocycles. The lowest BCUT2D eigenvalue weighted by Crippen LogP contribution is -2.29. The number of hydrogen-bond acceptors (Lipinski definition) is 4. The molecule has 2 aromatic rings. The molecule has 1 aromatic heterocycles. The number of rotatable bonds is 18. The van der Waals surface area contributed by atoms with E-state index in [9.17, 15) is 10.1 Å². The van der Waals surface area contributed by atoms with Gasteiger partial charge in [-0.2, -0.15) is 0 Å². The van der Waals surface area contributed by atoms with E-state index in [1.54, 1.807) is 12.1 Å². The zero-order chi connectivity index (χ0) is 22.3. The van der Waals surface area contributed by atoms with Crippen LogP contribution in [0.5, 0.6) is 0 Å². The number of nitrogens with zero attached hydrogens (tertiary/aromatic N) is 4. The lowest BCUT2D eigenvalue weighted by atomic mass is 10.1. The minimum Gasteiger partial charge on any atom is -0.329 e. The first-order valence-electron chi connectivity index (χ1n) is 12.5. The van der Waals surface area contributed by atoms with Crippen LogP contribution in [0.4, 0.5) is 5.69 Å². The predicted molar refractivity (Wildman–Crippen MR) is 130 cm³/mol. The smallest absolute Gasteiger partial charge is 0.271 e. The molecule has 6 heteroatoms. The first-order valence-corrected chi connectivity index (χ1v) is 12.5. The third-order valence-electron chi connectivity index (χ3n) is 6.13. The van der Waals surface area contributed by atoms with Crippen molar-refractivity contribution in [3.8, 4) is 0 Å². The lowest BCUT2D eigenvalue weighted by Gasteiger charge is -2.23. The highest BCUT2D eigenvalue weighted by Crippen LogP contribution is 2.20. The predicted octanol–water partition coefficient (Wildman–Crippen LogP) is 6.97. The van der Waals surface area contributed by atoms with Crippen LogP contribution in [0.15, 0.2) is 24.5 Å². The van der Waals surface area contributed by atoms with Gasteiger partial charge in [-0.3, -0.25) is 10.1 Å². The maximum absolute atomic E-state index is 11.0. The van der Waals surface area contributed by atoms with Gasteiger partial charge in [0.15, 0.2) is 0 Å². The van der Waals surface area contributed by atoms with E-state index in [4.69, 9.17) is 0 Å². The number of nitro benzene ring substituents is 1. The first-order chi connectivity index (χ1) is 15.2. The number of unbranched alkanes of at least 4 members (excludes halogenated alkanes) is 10. The van der Waals surface area contributed by atoms with Crippen molar-refractivity contribution in [2.75, 3.05) is 19.6 Å². The summed E-state index contributed by atoms with van der Waals surface area (Å²) in [6.45, 7) is 8.74. The zero-order valence-electron chi connectivity index (χ0n) is 19.7. The van der Waals surface area contributed by atoms with E-state index in [-0.39, 0.29) is 10.6 Å². The van der Waals surface area contributed by atoms with Crippen molar-refractivity contribution in [1.29, 1.82) is 0 Å². The Bertz CT molecular complexity index is 743. The van der Waals surface area contributed by atoms with E-state index in [1.165, 1.54) is 90.1 Å². The van der Waals surface area contributed by atoms with Crippen LogP contribution in [-0.2, 0) is 6.54 Å². The molecule has 0 aliphatic heterocycles. The molecule has 6 nitrogen and oxygen atoms in total. The number of aromatic nitrogens is 2. The van der Waals surface area contributed by atoms with Crippen molar-refractivity contribution >= 4 is 16.7 Å².